The van der Waals surface area contributed by atoms with E-state index in [0.717, 1.165) is 22.2 Å². The Morgan fingerprint density at radius 1 is 0.893 bits per heavy atom. The van der Waals surface area contributed by atoms with Crippen LogP contribution in [0.5, 0.6) is 0 Å². The molecule has 0 atom stereocenters. The topological polar surface area (TPSA) is 61.2 Å². The van der Waals surface area contributed by atoms with Crippen LogP contribution in [-0.2, 0) is 11.3 Å². The summed E-state index contributed by atoms with van der Waals surface area (Å²) in [4.78, 5) is 24.6. The van der Waals surface area contributed by atoms with E-state index in [1.807, 2.05) is 54.6 Å². The Morgan fingerprint density at radius 2 is 1.54 bits per heavy atom. The Labute approximate surface area is 161 Å². The van der Waals surface area contributed by atoms with E-state index in [2.05, 4.69) is 5.10 Å². The van der Waals surface area contributed by atoms with E-state index in [1.165, 1.54) is 11.8 Å². The lowest BCUT2D eigenvalue weighted by atomic mass is 10.1. The van der Waals surface area contributed by atoms with Crippen molar-refractivity contribution in [2.75, 3.05) is 7.11 Å². The van der Waals surface area contributed by atoms with Crippen LogP contribution in [0, 0.1) is 0 Å². The van der Waals surface area contributed by atoms with Gasteiger partial charge in [0.25, 0.3) is 5.56 Å². The van der Waals surface area contributed by atoms with Crippen molar-refractivity contribution in [3.8, 4) is 11.3 Å². The first kappa shape index (κ1) is 17.7. The van der Waals surface area contributed by atoms with Crippen LogP contribution in [0.1, 0.15) is 15.9 Å². The van der Waals surface area contributed by atoms with Gasteiger partial charge in [-0.1, -0.05) is 60.7 Å². The first-order valence-corrected chi connectivity index (χ1v) is 8.90. The third-order valence-corrected chi connectivity index (χ3v) is 4.62. The highest BCUT2D eigenvalue weighted by atomic mass is 16.5. The van der Waals surface area contributed by atoms with Crippen molar-refractivity contribution in [3.63, 3.8) is 0 Å². The number of ether oxygens (including phenoxy) is 1. The Morgan fingerprint density at radius 3 is 2.21 bits per heavy atom. The SMILES string of the molecule is COC(=O)c1ccc(Cn2nc(-c3ccccc3)c3ccccc3c2=O)cc1. The van der Waals surface area contributed by atoms with Gasteiger partial charge in [-0.05, 0) is 23.8 Å². The highest BCUT2D eigenvalue weighted by Gasteiger charge is 2.12. The molecule has 0 aliphatic rings. The monoisotopic (exact) mass is 370 g/mol. The summed E-state index contributed by atoms with van der Waals surface area (Å²) in [6.07, 6.45) is 0. The molecule has 4 rings (SSSR count). The second kappa shape index (κ2) is 7.48. The lowest BCUT2D eigenvalue weighted by Gasteiger charge is -2.11. The fourth-order valence-electron chi connectivity index (χ4n) is 3.19. The van der Waals surface area contributed by atoms with Gasteiger partial charge in [0.2, 0.25) is 0 Å². The second-order valence-electron chi connectivity index (χ2n) is 6.41. The summed E-state index contributed by atoms with van der Waals surface area (Å²) in [5, 5.41) is 6.11. The van der Waals surface area contributed by atoms with Crippen molar-refractivity contribution in [1.29, 1.82) is 0 Å². The zero-order valence-corrected chi connectivity index (χ0v) is 15.3. The maximum atomic E-state index is 13.0. The summed E-state index contributed by atoms with van der Waals surface area (Å²) >= 11 is 0. The molecule has 0 N–H and O–H groups in total. The maximum absolute atomic E-state index is 13.0. The zero-order chi connectivity index (χ0) is 19.5. The van der Waals surface area contributed by atoms with Gasteiger partial charge in [0.1, 0.15) is 0 Å². The maximum Gasteiger partial charge on any atom is 0.337 e. The quantitative estimate of drug-likeness (QED) is 0.511. The molecule has 0 unspecified atom stereocenters. The minimum absolute atomic E-state index is 0.146. The van der Waals surface area contributed by atoms with Gasteiger partial charge in [-0.3, -0.25) is 4.79 Å². The number of hydrogen-bond donors (Lipinski definition) is 0. The molecule has 0 amide bonds. The van der Waals surface area contributed by atoms with Crippen LogP contribution >= 0.6 is 0 Å². The number of nitrogens with zero attached hydrogens (tertiary/aromatic N) is 2. The molecule has 0 bridgehead atoms. The summed E-state index contributed by atoms with van der Waals surface area (Å²) in [6.45, 7) is 0.310. The standard InChI is InChI=1S/C23H18N2O3/c1-28-23(27)18-13-11-16(12-14-18)15-25-22(26)20-10-6-5-9-19(20)21(24-25)17-7-3-2-4-8-17/h2-14H,15H2,1H3. The first-order valence-electron chi connectivity index (χ1n) is 8.90. The molecule has 0 fully saturated rings. The van der Waals surface area contributed by atoms with Gasteiger partial charge in [0.15, 0.2) is 0 Å². The third kappa shape index (κ3) is 3.30. The Kier molecular flexibility index (Phi) is 4.72. The van der Waals surface area contributed by atoms with Crippen molar-refractivity contribution in [1.82, 2.24) is 9.78 Å². The van der Waals surface area contributed by atoms with Crippen LogP contribution in [0.25, 0.3) is 22.0 Å². The van der Waals surface area contributed by atoms with Crippen molar-refractivity contribution >= 4 is 16.7 Å². The molecule has 0 spiro atoms. The van der Waals surface area contributed by atoms with Crippen LogP contribution in [0.3, 0.4) is 0 Å². The van der Waals surface area contributed by atoms with Gasteiger partial charge >= 0.3 is 5.97 Å². The lowest BCUT2D eigenvalue weighted by Crippen LogP contribution is -2.24. The van der Waals surface area contributed by atoms with Crippen molar-refractivity contribution < 1.29 is 9.53 Å². The minimum atomic E-state index is -0.390. The van der Waals surface area contributed by atoms with Gasteiger partial charge in [0.05, 0.1) is 30.3 Å². The van der Waals surface area contributed by atoms with E-state index in [0.29, 0.717) is 17.5 Å². The molecule has 138 valence electrons. The molecule has 3 aromatic carbocycles. The average molecular weight is 370 g/mol. The first-order chi connectivity index (χ1) is 13.7. The summed E-state index contributed by atoms with van der Waals surface area (Å²) in [5.74, 6) is -0.390. The van der Waals surface area contributed by atoms with Gasteiger partial charge in [0, 0.05) is 10.9 Å². The summed E-state index contributed by atoms with van der Waals surface area (Å²) in [6, 6.07) is 24.3. The van der Waals surface area contributed by atoms with E-state index in [9.17, 15) is 9.59 Å². The lowest BCUT2D eigenvalue weighted by molar-refractivity contribution is 0.0600. The smallest absolute Gasteiger partial charge is 0.337 e. The second-order valence-corrected chi connectivity index (χ2v) is 6.41. The molecular weight excluding hydrogens is 352 g/mol. The molecule has 0 radical (unpaired) electrons. The van der Waals surface area contributed by atoms with E-state index in [-0.39, 0.29) is 11.5 Å². The van der Waals surface area contributed by atoms with Crippen LogP contribution in [-0.4, -0.2) is 22.9 Å². The number of hydrogen-bond acceptors (Lipinski definition) is 4. The number of methoxy groups -OCH3 is 1. The van der Waals surface area contributed by atoms with Crippen LogP contribution < -0.4 is 5.56 Å². The molecule has 1 heterocycles. The number of benzene rings is 3. The van der Waals surface area contributed by atoms with Gasteiger partial charge in [-0.15, -0.1) is 0 Å². The predicted octanol–water partition coefficient (Wildman–Crippen LogP) is 3.90. The van der Waals surface area contributed by atoms with Crippen LogP contribution in [0.15, 0.2) is 83.7 Å². The fourth-order valence-corrected chi connectivity index (χ4v) is 3.19. The van der Waals surface area contributed by atoms with E-state index >= 15 is 0 Å². The van der Waals surface area contributed by atoms with Gasteiger partial charge < -0.3 is 4.74 Å². The van der Waals surface area contributed by atoms with Gasteiger partial charge in [-0.2, -0.15) is 5.10 Å². The average Bonchev–Trinajstić information content (AvgIpc) is 2.76. The largest absolute Gasteiger partial charge is 0.465 e. The Hall–Kier alpha value is -3.73. The highest BCUT2D eigenvalue weighted by Crippen LogP contribution is 2.24. The van der Waals surface area contributed by atoms with E-state index in [1.54, 1.807) is 24.3 Å². The Balaban J connectivity index is 1.80. The summed E-state index contributed by atoms with van der Waals surface area (Å²) in [5.41, 5.74) is 2.91. The highest BCUT2D eigenvalue weighted by molar-refractivity contribution is 5.93. The molecule has 1 aromatic heterocycles. The molecule has 4 aromatic rings. The predicted molar refractivity (Wildman–Crippen MR) is 108 cm³/mol. The molecule has 28 heavy (non-hydrogen) atoms. The van der Waals surface area contributed by atoms with Crippen molar-refractivity contribution in [3.05, 3.63) is 100 Å². The number of aromatic nitrogens is 2. The third-order valence-electron chi connectivity index (χ3n) is 4.62. The number of esters is 1. The fraction of sp³-hybridized carbons (Fsp3) is 0.0870. The molecule has 0 saturated carbocycles. The van der Waals surface area contributed by atoms with E-state index < -0.39 is 0 Å². The Bertz CT molecular complexity index is 1200. The minimum Gasteiger partial charge on any atom is -0.465 e. The van der Waals surface area contributed by atoms with Crippen molar-refractivity contribution in [2.24, 2.45) is 0 Å². The molecular formula is C23H18N2O3. The van der Waals surface area contributed by atoms with Crippen molar-refractivity contribution in [2.45, 2.75) is 6.54 Å². The summed E-state index contributed by atoms with van der Waals surface area (Å²) in [7, 11) is 1.35. The molecule has 0 saturated heterocycles. The normalized spacial score (nSPS) is 10.8. The number of carbonyl (C=O) groups excluding carboxylic acids is 1. The molecule has 0 aliphatic heterocycles. The molecule has 5 nitrogen and oxygen atoms in total. The molecule has 0 aliphatic carbocycles. The number of carbonyl (C=O) groups is 1. The number of rotatable bonds is 4. The molecule has 5 heteroatoms. The zero-order valence-electron chi connectivity index (χ0n) is 15.3. The summed E-state index contributed by atoms with van der Waals surface area (Å²) < 4.78 is 6.19. The van der Waals surface area contributed by atoms with Crippen LogP contribution in [0.4, 0.5) is 0 Å². The van der Waals surface area contributed by atoms with Crippen LogP contribution in [0.2, 0.25) is 0 Å². The van der Waals surface area contributed by atoms with Gasteiger partial charge in [-0.25, -0.2) is 9.48 Å². The number of fused-ring (bicyclic) bond motifs is 1. The van der Waals surface area contributed by atoms with E-state index in [4.69, 9.17) is 4.74 Å².